The van der Waals surface area contributed by atoms with E-state index in [0.717, 1.165) is 6.42 Å². The van der Waals surface area contributed by atoms with E-state index in [1.165, 1.54) is 10.6 Å². The lowest BCUT2D eigenvalue weighted by Gasteiger charge is -2.42. The monoisotopic (exact) mass is 300 g/mol. The summed E-state index contributed by atoms with van der Waals surface area (Å²) in [5, 5.41) is 0. The van der Waals surface area contributed by atoms with Gasteiger partial charge in [-0.2, -0.15) is 0 Å². The first-order valence-corrected chi connectivity index (χ1v) is 7.41. The maximum absolute atomic E-state index is 12.7. The van der Waals surface area contributed by atoms with Gasteiger partial charge < -0.3 is 10.6 Å². The summed E-state index contributed by atoms with van der Waals surface area (Å²) in [6.07, 6.45) is 3.74. The molecule has 3 heterocycles. The van der Waals surface area contributed by atoms with Crippen LogP contribution in [0.1, 0.15) is 30.6 Å². The minimum absolute atomic E-state index is 0.0624. The van der Waals surface area contributed by atoms with Gasteiger partial charge in [-0.3, -0.25) is 14.0 Å². The Hall–Kier alpha value is -2.21. The van der Waals surface area contributed by atoms with Gasteiger partial charge in [0.1, 0.15) is 11.2 Å². The van der Waals surface area contributed by atoms with Gasteiger partial charge in [0.05, 0.1) is 0 Å². The van der Waals surface area contributed by atoms with Crippen LogP contribution in [0.5, 0.6) is 0 Å². The lowest BCUT2D eigenvalue weighted by atomic mass is 9.79. The van der Waals surface area contributed by atoms with Crippen molar-refractivity contribution in [3.05, 3.63) is 46.5 Å². The van der Waals surface area contributed by atoms with Crippen molar-refractivity contribution in [2.75, 3.05) is 13.1 Å². The van der Waals surface area contributed by atoms with Crippen molar-refractivity contribution in [3.8, 4) is 0 Å². The van der Waals surface area contributed by atoms with Crippen LogP contribution >= 0.6 is 0 Å². The van der Waals surface area contributed by atoms with E-state index in [-0.39, 0.29) is 28.5 Å². The highest BCUT2D eigenvalue weighted by atomic mass is 16.2. The third-order valence-electron chi connectivity index (χ3n) is 4.44. The third-order valence-corrected chi connectivity index (χ3v) is 4.44. The number of carbonyl (C=O) groups is 1. The van der Waals surface area contributed by atoms with Gasteiger partial charge in [-0.1, -0.05) is 19.9 Å². The van der Waals surface area contributed by atoms with Crippen molar-refractivity contribution in [3.63, 3.8) is 0 Å². The molecule has 1 fully saturated rings. The molecule has 0 aromatic carbocycles. The van der Waals surface area contributed by atoms with Crippen molar-refractivity contribution < 1.29 is 4.79 Å². The van der Waals surface area contributed by atoms with E-state index in [1.807, 2.05) is 13.8 Å². The molecule has 6 heteroatoms. The van der Waals surface area contributed by atoms with Gasteiger partial charge in [0, 0.05) is 31.5 Å². The van der Waals surface area contributed by atoms with E-state index in [1.54, 1.807) is 29.3 Å². The maximum Gasteiger partial charge on any atom is 0.270 e. The van der Waals surface area contributed by atoms with E-state index >= 15 is 0 Å². The number of nitrogens with two attached hydrogens (primary N) is 1. The zero-order chi connectivity index (χ0) is 15.9. The lowest BCUT2D eigenvalue weighted by Crippen LogP contribution is -2.54. The summed E-state index contributed by atoms with van der Waals surface area (Å²) in [4.78, 5) is 31.1. The molecule has 2 aromatic rings. The van der Waals surface area contributed by atoms with Crippen LogP contribution in [0.15, 0.2) is 35.4 Å². The predicted molar refractivity (Wildman–Crippen MR) is 83.7 cm³/mol. The van der Waals surface area contributed by atoms with Gasteiger partial charge in [0.2, 0.25) is 0 Å². The number of hydrogen-bond acceptors (Lipinski definition) is 4. The van der Waals surface area contributed by atoms with Gasteiger partial charge in [-0.15, -0.1) is 0 Å². The molecule has 1 atom stereocenters. The summed E-state index contributed by atoms with van der Waals surface area (Å²) in [6, 6.07) is 5.34. The van der Waals surface area contributed by atoms with E-state index in [0.29, 0.717) is 18.7 Å². The summed E-state index contributed by atoms with van der Waals surface area (Å²) < 4.78 is 1.40. The van der Waals surface area contributed by atoms with Crippen LogP contribution in [-0.2, 0) is 0 Å². The fourth-order valence-corrected chi connectivity index (χ4v) is 2.89. The number of hydrogen-bond donors (Lipinski definition) is 1. The van der Waals surface area contributed by atoms with Crippen molar-refractivity contribution in [2.45, 2.75) is 26.3 Å². The predicted octanol–water partition coefficient (Wildman–Crippen LogP) is 0.894. The Morgan fingerprint density at radius 3 is 2.91 bits per heavy atom. The summed E-state index contributed by atoms with van der Waals surface area (Å²) in [7, 11) is 0. The number of rotatable bonds is 1. The number of piperidine rings is 1. The molecule has 0 spiro atoms. The highest BCUT2D eigenvalue weighted by molar-refractivity contribution is 5.93. The van der Waals surface area contributed by atoms with Gasteiger partial charge >= 0.3 is 0 Å². The molecule has 0 aliphatic carbocycles. The zero-order valence-electron chi connectivity index (χ0n) is 12.8. The molecule has 1 unspecified atom stereocenters. The summed E-state index contributed by atoms with van der Waals surface area (Å²) in [5.74, 6) is -0.268. The Bertz CT molecular complexity index is 781. The number of fused-ring (bicyclic) bond motifs is 1. The smallest absolute Gasteiger partial charge is 0.270 e. The molecule has 22 heavy (non-hydrogen) atoms. The highest BCUT2D eigenvalue weighted by Crippen LogP contribution is 2.28. The molecule has 1 saturated heterocycles. The molecule has 2 aromatic heterocycles. The Balaban J connectivity index is 1.96. The molecule has 6 nitrogen and oxygen atoms in total. The largest absolute Gasteiger partial charge is 0.338 e. The van der Waals surface area contributed by atoms with Gasteiger partial charge in [-0.05, 0) is 24.0 Å². The first kappa shape index (κ1) is 14.7. The van der Waals surface area contributed by atoms with Crippen LogP contribution in [0, 0.1) is 5.41 Å². The average Bonchev–Trinajstić information content (AvgIpc) is 2.50. The van der Waals surface area contributed by atoms with Crippen LogP contribution < -0.4 is 11.3 Å². The Kier molecular flexibility index (Phi) is 3.48. The first-order valence-electron chi connectivity index (χ1n) is 7.41. The molecular formula is C16H20N4O2. The molecule has 0 bridgehead atoms. The standard InChI is InChI=1S/C16H20N4O2/c1-16(2)10-19(8-6-12(16)17)14(21)11-9-18-13-5-3-4-7-20(13)15(11)22/h3-5,7,9,12H,6,8,10,17H2,1-2H3. The fourth-order valence-electron chi connectivity index (χ4n) is 2.89. The lowest BCUT2D eigenvalue weighted by molar-refractivity contribution is 0.0530. The van der Waals surface area contributed by atoms with Crippen LogP contribution in [0.3, 0.4) is 0 Å². The van der Waals surface area contributed by atoms with Crippen LogP contribution in [0.2, 0.25) is 0 Å². The fraction of sp³-hybridized carbons (Fsp3) is 0.438. The molecule has 3 rings (SSSR count). The zero-order valence-corrected chi connectivity index (χ0v) is 12.8. The molecule has 0 saturated carbocycles. The van der Waals surface area contributed by atoms with E-state index in [9.17, 15) is 9.59 Å². The first-order chi connectivity index (χ1) is 10.4. The van der Waals surface area contributed by atoms with Gasteiger partial charge in [0.15, 0.2) is 0 Å². The number of amides is 1. The van der Waals surface area contributed by atoms with E-state index < -0.39 is 0 Å². The molecule has 1 aliphatic rings. The topological polar surface area (TPSA) is 80.7 Å². The average molecular weight is 300 g/mol. The molecule has 116 valence electrons. The maximum atomic E-state index is 12.7. The number of likely N-dealkylation sites (tertiary alicyclic amines) is 1. The molecule has 2 N–H and O–H groups in total. The third kappa shape index (κ3) is 2.39. The highest BCUT2D eigenvalue weighted by Gasteiger charge is 2.36. The van der Waals surface area contributed by atoms with Crippen molar-refractivity contribution in [1.29, 1.82) is 0 Å². The minimum atomic E-state index is -0.330. The number of nitrogens with zero attached hydrogens (tertiary/aromatic N) is 3. The molecular weight excluding hydrogens is 280 g/mol. The van der Waals surface area contributed by atoms with Gasteiger partial charge in [0.25, 0.3) is 11.5 Å². The molecule has 1 amide bonds. The molecule has 0 radical (unpaired) electrons. The number of aromatic nitrogens is 2. The second kappa shape index (κ2) is 5.21. The Labute approximate surface area is 128 Å². The SMILES string of the molecule is CC1(C)CN(C(=O)c2cnc3ccccn3c2=O)CCC1N. The number of carbonyl (C=O) groups excluding carboxylic acids is 1. The second-order valence-electron chi connectivity index (χ2n) is 6.52. The van der Waals surface area contributed by atoms with E-state index in [4.69, 9.17) is 5.73 Å². The summed E-state index contributed by atoms with van der Waals surface area (Å²) in [5.41, 5.74) is 6.25. The summed E-state index contributed by atoms with van der Waals surface area (Å²) >= 11 is 0. The van der Waals surface area contributed by atoms with Crippen molar-refractivity contribution in [1.82, 2.24) is 14.3 Å². The van der Waals surface area contributed by atoms with Crippen LogP contribution in [-0.4, -0.2) is 39.3 Å². The second-order valence-corrected chi connectivity index (χ2v) is 6.52. The van der Waals surface area contributed by atoms with Crippen molar-refractivity contribution in [2.24, 2.45) is 11.1 Å². The molecule has 1 aliphatic heterocycles. The normalized spacial score (nSPS) is 21.0. The Morgan fingerprint density at radius 2 is 2.18 bits per heavy atom. The van der Waals surface area contributed by atoms with Crippen LogP contribution in [0.25, 0.3) is 5.65 Å². The Morgan fingerprint density at radius 1 is 1.41 bits per heavy atom. The minimum Gasteiger partial charge on any atom is -0.338 e. The quantitative estimate of drug-likeness (QED) is 0.848. The summed E-state index contributed by atoms with van der Waals surface area (Å²) in [6.45, 7) is 5.20. The van der Waals surface area contributed by atoms with E-state index in [2.05, 4.69) is 4.98 Å². The van der Waals surface area contributed by atoms with Gasteiger partial charge in [-0.25, -0.2) is 4.98 Å². The van der Waals surface area contributed by atoms with Crippen molar-refractivity contribution >= 4 is 11.6 Å². The number of pyridine rings is 1. The van der Waals surface area contributed by atoms with Crippen LogP contribution in [0.4, 0.5) is 0 Å².